The predicted molar refractivity (Wildman–Crippen MR) is 61.6 cm³/mol. The van der Waals surface area contributed by atoms with Crippen molar-refractivity contribution >= 4 is 39.5 Å². The molecular formula is C8H7BrFN3S. The van der Waals surface area contributed by atoms with E-state index in [0.29, 0.717) is 10.0 Å². The van der Waals surface area contributed by atoms with E-state index in [4.69, 9.17) is 5.73 Å². The number of rotatable bonds is 2. The summed E-state index contributed by atoms with van der Waals surface area (Å²) < 4.78 is 13.4. The minimum absolute atomic E-state index is 0.0684. The molecule has 14 heavy (non-hydrogen) atoms. The number of halogens is 2. The minimum Gasteiger partial charge on any atom is -0.375 e. The fourth-order valence-corrected chi connectivity index (χ4v) is 1.06. The molecule has 3 N–H and O–H groups in total. The average molecular weight is 276 g/mol. The number of hydrogen-bond donors (Lipinski definition) is 2. The second kappa shape index (κ2) is 5.02. The van der Waals surface area contributed by atoms with Gasteiger partial charge in [-0.1, -0.05) is 6.07 Å². The minimum atomic E-state index is -0.343. The first-order chi connectivity index (χ1) is 6.59. The van der Waals surface area contributed by atoms with Gasteiger partial charge in [-0.25, -0.2) is 4.39 Å². The number of benzene rings is 1. The zero-order valence-corrected chi connectivity index (χ0v) is 9.40. The van der Waals surface area contributed by atoms with Crippen molar-refractivity contribution in [3.63, 3.8) is 0 Å². The van der Waals surface area contributed by atoms with Crippen LogP contribution in [-0.4, -0.2) is 11.3 Å². The predicted octanol–water partition coefficient (Wildman–Crippen LogP) is 1.76. The lowest BCUT2D eigenvalue weighted by atomic mass is 10.2. The summed E-state index contributed by atoms with van der Waals surface area (Å²) in [4.78, 5) is 0. The molecule has 0 aliphatic heterocycles. The standard InChI is InChI=1S/C8H7BrFN3S/c9-6-2-1-5(3-7(6)10)4-12-13-8(11)14/h1-4H,(H3,11,13,14)/b12-4+. The third-order valence-corrected chi connectivity index (χ3v) is 2.07. The molecule has 1 aromatic rings. The Kier molecular flexibility index (Phi) is 3.97. The summed E-state index contributed by atoms with van der Waals surface area (Å²) in [5.74, 6) is -0.343. The first-order valence-electron chi connectivity index (χ1n) is 3.63. The van der Waals surface area contributed by atoms with Crippen LogP contribution in [0.15, 0.2) is 27.8 Å². The normalized spacial score (nSPS) is 10.4. The van der Waals surface area contributed by atoms with Crippen LogP contribution in [0.25, 0.3) is 0 Å². The molecule has 0 amide bonds. The van der Waals surface area contributed by atoms with Gasteiger partial charge in [-0.15, -0.1) is 0 Å². The zero-order chi connectivity index (χ0) is 10.6. The quantitative estimate of drug-likeness (QED) is 0.491. The van der Waals surface area contributed by atoms with Gasteiger partial charge in [0.05, 0.1) is 10.7 Å². The first kappa shape index (κ1) is 11.1. The molecule has 74 valence electrons. The van der Waals surface area contributed by atoms with Gasteiger partial charge in [0, 0.05) is 0 Å². The summed E-state index contributed by atoms with van der Waals surface area (Å²) in [6, 6.07) is 4.64. The molecule has 0 aliphatic rings. The largest absolute Gasteiger partial charge is 0.375 e. The number of nitrogens with two attached hydrogens (primary N) is 1. The molecule has 0 heterocycles. The molecule has 3 nitrogen and oxygen atoms in total. The highest BCUT2D eigenvalue weighted by Gasteiger charge is 1.97. The van der Waals surface area contributed by atoms with Crippen molar-refractivity contribution in [1.29, 1.82) is 0 Å². The van der Waals surface area contributed by atoms with Crippen molar-refractivity contribution in [2.75, 3.05) is 0 Å². The van der Waals surface area contributed by atoms with Crippen LogP contribution in [0.3, 0.4) is 0 Å². The van der Waals surface area contributed by atoms with Crippen molar-refractivity contribution in [2.45, 2.75) is 0 Å². The number of nitrogens with zero attached hydrogens (tertiary/aromatic N) is 1. The van der Waals surface area contributed by atoms with Crippen LogP contribution in [0, 0.1) is 5.82 Å². The summed E-state index contributed by atoms with van der Waals surface area (Å²) in [5.41, 5.74) is 8.13. The maximum Gasteiger partial charge on any atom is 0.184 e. The van der Waals surface area contributed by atoms with Gasteiger partial charge in [0.25, 0.3) is 0 Å². The lowest BCUT2D eigenvalue weighted by Gasteiger charge is -1.97. The van der Waals surface area contributed by atoms with E-state index >= 15 is 0 Å². The highest BCUT2D eigenvalue weighted by molar-refractivity contribution is 9.10. The SMILES string of the molecule is NC(=S)N/N=C/c1ccc(Br)c(F)c1. The molecule has 0 atom stereocenters. The number of hydrazone groups is 1. The van der Waals surface area contributed by atoms with Crippen molar-refractivity contribution in [3.8, 4) is 0 Å². The first-order valence-corrected chi connectivity index (χ1v) is 4.83. The second-order valence-corrected chi connectivity index (χ2v) is 3.70. The van der Waals surface area contributed by atoms with Gasteiger partial charge in [0.15, 0.2) is 5.11 Å². The summed E-state index contributed by atoms with van der Waals surface area (Å²) in [5, 5.41) is 3.76. The van der Waals surface area contributed by atoms with Crippen LogP contribution in [0.4, 0.5) is 4.39 Å². The molecule has 0 radical (unpaired) electrons. The fraction of sp³-hybridized carbons (Fsp3) is 0. The van der Waals surface area contributed by atoms with Crippen LogP contribution in [0.2, 0.25) is 0 Å². The molecule has 0 saturated carbocycles. The Morgan fingerprint density at radius 2 is 2.36 bits per heavy atom. The Morgan fingerprint density at radius 3 is 2.93 bits per heavy atom. The molecule has 0 bridgehead atoms. The summed E-state index contributed by atoms with van der Waals surface area (Å²) in [6.07, 6.45) is 1.43. The van der Waals surface area contributed by atoms with Crippen molar-refractivity contribution in [3.05, 3.63) is 34.1 Å². The van der Waals surface area contributed by atoms with Crippen LogP contribution in [-0.2, 0) is 0 Å². The number of hydrogen-bond acceptors (Lipinski definition) is 2. The fourth-order valence-electron chi connectivity index (χ4n) is 0.763. The molecule has 0 spiro atoms. The molecule has 1 rings (SSSR count). The Balaban J connectivity index is 2.73. The van der Waals surface area contributed by atoms with Crippen molar-refractivity contribution < 1.29 is 4.39 Å². The van der Waals surface area contributed by atoms with Gasteiger partial charge in [-0.2, -0.15) is 5.10 Å². The molecule has 0 unspecified atom stereocenters. The monoisotopic (exact) mass is 275 g/mol. The van der Waals surface area contributed by atoms with Gasteiger partial charge in [0.1, 0.15) is 5.82 Å². The van der Waals surface area contributed by atoms with Crippen LogP contribution in [0.5, 0.6) is 0 Å². The topological polar surface area (TPSA) is 50.4 Å². The highest BCUT2D eigenvalue weighted by atomic mass is 79.9. The van der Waals surface area contributed by atoms with E-state index in [0.717, 1.165) is 0 Å². The third kappa shape index (κ3) is 3.39. The van der Waals surface area contributed by atoms with E-state index < -0.39 is 0 Å². The van der Waals surface area contributed by atoms with Gasteiger partial charge in [0.2, 0.25) is 0 Å². The van der Waals surface area contributed by atoms with Gasteiger partial charge in [-0.05, 0) is 45.8 Å². The van der Waals surface area contributed by atoms with Crippen LogP contribution < -0.4 is 11.2 Å². The Hall–Kier alpha value is -1.01. The second-order valence-electron chi connectivity index (χ2n) is 2.41. The molecule has 0 fully saturated rings. The van der Waals surface area contributed by atoms with E-state index in [1.165, 1.54) is 12.3 Å². The third-order valence-electron chi connectivity index (χ3n) is 1.33. The van der Waals surface area contributed by atoms with Crippen molar-refractivity contribution in [2.24, 2.45) is 10.8 Å². The zero-order valence-electron chi connectivity index (χ0n) is 7.00. The number of thiocarbonyl (C=S) groups is 1. The summed E-state index contributed by atoms with van der Waals surface area (Å²) in [6.45, 7) is 0. The Bertz CT molecular complexity index is 381. The van der Waals surface area contributed by atoms with Crippen LogP contribution in [0.1, 0.15) is 5.56 Å². The molecule has 1 aromatic carbocycles. The average Bonchev–Trinajstić information content (AvgIpc) is 2.10. The smallest absolute Gasteiger partial charge is 0.184 e. The summed E-state index contributed by atoms with van der Waals surface area (Å²) in [7, 11) is 0. The maximum atomic E-state index is 13.0. The lowest BCUT2D eigenvalue weighted by molar-refractivity contribution is 0.621. The van der Waals surface area contributed by atoms with Gasteiger partial charge in [-0.3, -0.25) is 5.43 Å². The van der Waals surface area contributed by atoms with E-state index in [-0.39, 0.29) is 10.9 Å². The van der Waals surface area contributed by atoms with E-state index in [2.05, 4.69) is 38.7 Å². The highest BCUT2D eigenvalue weighted by Crippen LogP contribution is 2.15. The maximum absolute atomic E-state index is 13.0. The van der Waals surface area contributed by atoms with E-state index in [9.17, 15) is 4.39 Å². The molecule has 0 aromatic heterocycles. The molecular weight excluding hydrogens is 269 g/mol. The Labute approximate surface area is 94.3 Å². The molecule has 0 saturated heterocycles. The van der Waals surface area contributed by atoms with Gasteiger partial charge >= 0.3 is 0 Å². The van der Waals surface area contributed by atoms with Crippen molar-refractivity contribution in [1.82, 2.24) is 5.43 Å². The number of nitrogens with one attached hydrogen (secondary N) is 1. The van der Waals surface area contributed by atoms with E-state index in [1.54, 1.807) is 12.1 Å². The van der Waals surface area contributed by atoms with E-state index in [1.807, 2.05) is 0 Å². The van der Waals surface area contributed by atoms with Gasteiger partial charge < -0.3 is 5.73 Å². The lowest BCUT2D eigenvalue weighted by Crippen LogP contribution is -2.23. The summed E-state index contributed by atoms with van der Waals surface area (Å²) >= 11 is 7.57. The Morgan fingerprint density at radius 1 is 1.64 bits per heavy atom. The molecule has 6 heteroatoms. The molecule has 0 aliphatic carbocycles. The van der Waals surface area contributed by atoms with Crippen LogP contribution >= 0.6 is 28.1 Å².